The molecule has 1 aromatic carbocycles. The molecule has 0 spiro atoms. The summed E-state index contributed by atoms with van der Waals surface area (Å²) in [6.07, 6.45) is 1.81. The zero-order valence-corrected chi connectivity index (χ0v) is 11.8. The first-order valence-corrected chi connectivity index (χ1v) is 6.00. The molecule has 110 valence electrons. The van der Waals surface area contributed by atoms with Crippen LogP contribution in [0.2, 0.25) is 0 Å². The van der Waals surface area contributed by atoms with E-state index in [1.54, 1.807) is 18.2 Å². The quantitative estimate of drug-likeness (QED) is 0.613. The Morgan fingerprint density at radius 2 is 2.00 bits per heavy atom. The summed E-state index contributed by atoms with van der Waals surface area (Å²) in [5.74, 6) is 0.418. The molecule has 7 nitrogen and oxygen atoms in total. The Bertz CT molecular complexity index is 678. The van der Waals surface area contributed by atoms with Crippen LogP contribution < -0.4 is 9.47 Å². The fourth-order valence-electron chi connectivity index (χ4n) is 1.89. The fraction of sp³-hybridized carbons (Fsp3) is 0.214. The lowest BCUT2D eigenvalue weighted by Gasteiger charge is -2.11. The zero-order chi connectivity index (χ0) is 15.4. The number of benzene rings is 1. The Labute approximate surface area is 121 Å². The molecule has 0 N–H and O–H groups in total. The highest BCUT2D eigenvalue weighted by molar-refractivity contribution is 5.97. The first-order chi connectivity index (χ1) is 10.2. The molecule has 7 heteroatoms. The second kappa shape index (κ2) is 6.08. The summed E-state index contributed by atoms with van der Waals surface area (Å²) in [6, 6.07) is 5.05. The van der Waals surface area contributed by atoms with E-state index in [4.69, 9.17) is 9.47 Å². The fourth-order valence-corrected chi connectivity index (χ4v) is 1.89. The number of carbonyl (C=O) groups excluding carboxylic acids is 2. The summed E-state index contributed by atoms with van der Waals surface area (Å²) in [7, 11) is 4.26. The van der Waals surface area contributed by atoms with E-state index < -0.39 is 5.97 Å². The van der Waals surface area contributed by atoms with Crippen LogP contribution in [0, 0.1) is 0 Å². The summed E-state index contributed by atoms with van der Waals surface area (Å²) < 4.78 is 16.3. The lowest BCUT2D eigenvalue weighted by molar-refractivity contribution is 0.0598. The van der Waals surface area contributed by atoms with Crippen molar-refractivity contribution >= 4 is 12.3 Å². The third kappa shape index (κ3) is 2.58. The molecule has 0 aliphatic heterocycles. The Morgan fingerprint density at radius 3 is 2.57 bits per heavy atom. The van der Waals surface area contributed by atoms with E-state index in [1.807, 2.05) is 0 Å². The Hall–Kier alpha value is -2.83. The highest BCUT2D eigenvalue weighted by Crippen LogP contribution is 2.28. The zero-order valence-electron chi connectivity index (χ0n) is 11.8. The van der Waals surface area contributed by atoms with Crippen LogP contribution in [0.15, 0.2) is 24.4 Å². The van der Waals surface area contributed by atoms with Gasteiger partial charge in [0.15, 0.2) is 6.29 Å². The number of aldehydes is 1. The molecule has 0 amide bonds. The SMILES string of the molecule is COC(=O)c1cnn(-c2cc(OC)ccc2OC)c1C=O. The highest BCUT2D eigenvalue weighted by Gasteiger charge is 2.20. The van der Waals surface area contributed by atoms with Gasteiger partial charge >= 0.3 is 5.97 Å². The lowest BCUT2D eigenvalue weighted by atomic mass is 10.2. The minimum atomic E-state index is -0.634. The molecule has 0 radical (unpaired) electrons. The molecule has 0 atom stereocenters. The van der Waals surface area contributed by atoms with Crippen LogP contribution in [0.3, 0.4) is 0 Å². The molecule has 1 aromatic heterocycles. The van der Waals surface area contributed by atoms with Crippen LogP contribution in [0.25, 0.3) is 5.69 Å². The molecule has 0 saturated heterocycles. The minimum absolute atomic E-state index is 0.0772. The van der Waals surface area contributed by atoms with Crippen molar-refractivity contribution < 1.29 is 23.8 Å². The van der Waals surface area contributed by atoms with E-state index in [1.165, 1.54) is 32.2 Å². The predicted octanol–water partition coefficient (Wildman–Crippen LogP) is 1.49. The van der Waals surface area contributed by atoms with Crippen LogP contribution in [0.1, 0.15) is 20.8 Å². The van der Waals surface area contributed by atoms with Crippen LogP contribution in [0.5, 0.6) is 11.5 Å². The van der Waals surface area contributed by atoms with E-state index >= 15 is 0 Å². The van der Waals surface area contributed by atoms with E-state index in [2.05, 4.69) is 9.84 Å². The smallest absolute Gasteiger partial charge is 0.341 e. The van der Waals surface area contributed by atoms with Crippen LogP contribution in [0.4, 0.5) is 0 Å². The van der Waals surface area contributed by atoms with Gasteiger partial charge in [0, 0.05) is 6.07 Å². The summed E-state index contributed by atoms with van der Waals surface area (Å²) in [6.45, 7) is 0. The number of hydrogen-bond donors (Lipinski definition) is 0. The molecular formula is C14H14N2O5. The maximum Gasteiger partial charge on any atom is 0.341 e. The van der Waals surface area contributed by atoms with Gasteiger partial charge in [-0.15, -0.1) is 0 Å². The van der Waals surface area contributed by atoms with E-state index in [0.29, 0.717) is 23.5 Å². The second-order valence-electron chi connectivity index (χ2n) is 4.00. The van der Waals surface area contributed by atoms with Crippen molar-refractivity contribution in [3.8, 4) is 17.2 Å². The van der Waals surface area contributed by atoms with Crippen molar-refractivity contribution in [1.82, 2.24) is 9.78 Å². The van der Waals surface area contributed by atoms with Gasteiger partial charge in [0.1, 0.15) is 28.4 Å². The number of rotatable bonds is 5. The molecule has 21 heavy (non-hydrogen) atoms. The largest absolute Gasteiger partial charge is 0.497 e. The monoisotopic (exact) mass is 290 g/mol. The second-order valence-corrected chi connectivity index (χ2v) is 4.00. The Kier molecular flexibility index (Phi) is 4.22. The van der Waals surface area contributed by atoms with Crippen molar-refractivity contribution in [2.45, 2.75) is 0 Å². The van der Waals surface area contributed by atoms with Gasteiger partial charge in [-0.2, -0.15) is 5.10 Å². The molecular weight excluding hydrogens is 276 g/mol. The maximum atomic E-state index is 11.6. The molecule has 0 aliphatic carbocycles. The van der Waals surface area contributed by atoms with Gasteiger partial charge in [-0.3, -0.25) is 4.79 Å². The highest BCUT2D eigenvalue weighted by atomic mass is 16.5. The third-order valence-electron chi connectivity index (χ3n) is 2.94. The van der Waals surface area contributed by atoms with Crippen LogP contribution >= 0.6 is 0 Å². The molecule has 2 aromatic rings. The number of esters is 1. The Morgan fingerprint density at radius 1 is 1.24 bits per heavy atom. The van der Waals surface area contributed by atoms with Gasteiger partial charge in [-0.25, -0.2) is 9.48 Å². The summed E-state index contributed by atoms with van der Waals surface area (Å²) in [4.78, 5) is 22.9. The number of carbonyl (C=O) groups is 2. The van der Waals surface area contributed by atoms with Crippen molar-refractivity contribution in [3.05, 3.63) is 35.7 Å². The number of nitrogens with zero attached hydrogens (tertiary/aromatic N) is 2. The molecule has 0 saturated carbocycles. The van der Waals surface area contributed by atoms with Gasteiger partial charge in [-0.1, -0.05) is 0 Å². The minimum Gasteiger partial charge on any atom is -0.497 e. The van der Waals surface area contributed by atoms with Gasteiger partial charge < -0.3 is 14.2 Å². The maximum absolute atomic E-state index is 11.6. The average molecular weight is 290 g/mol. The van der Waals surface area contributed by atoms with Crippen molar-refractivity contribution in [2.24, 2.45) is 0 Å². The van der Waals surface area contributed by atoms with Crippen LogP contribution in [-0.4, -0.2) is 43.4 Å². The van der Waals surface area contributed by atoms with Gasteiger partial charge in [0.05, 0.1) is 27.5 Å². The van der Waals surface area contributed by atoms with Crippen molar-refractivity contribution in [1.29, 1.82) is 0 Å². The van der Waals surface area contributed by atoms with E-state index in [-0.39, 0.29) is 11.3 Å². The normalized spacial score (nSPS) is 10.0. The van der Waals surface area contributed by atoms with Crippen molar-refractivity contribution in [2.75, 3.05) is 21.3 Å². The van der Waals surface area contributed by atoms with Gasteiger partial charge in [0.25, 0.3) is 0 Å². The van der Waals surface area contributed by atoms with Gasteiger partial charge in [0.2, 0.25) is 0 Å². The number of aromatic nitrogens is 2. The number of methoxy groups -OCH3 is 3. The average Bonchev–Trinajstić information content (AvgIpc) is 2.97. The first kappa shape index (κ1) is 14.6. The molecule has 0 bridgehead atoms. The van der Waals surface area contributed by atoms with E-state index in [9.17, 15) is 9.59 Å². The number of ether oxygens (including phenoxy) is 3. The lowest BCUT2D eigenvalue weighted by Crippen LogP contribution is -2.08. The Balaban J connectivity index is 2.64. The molecule has 0 aliphatic rings. The molecule has 0 unspecified atom stereocenters. The first-order valence-electron chi connectivity index (χ1n) is 6.00. The summed E-state index contributed by atoms with van der Waals surface area (Å²) in [5.41, 5.74) is 0.639. The molecule has 0 fully saturated rings. The van der Waals surface area contributed by atoms with Gasteiger partial charge in [-0.05, 0) is 12.1 Å². The van der Waals surface area contributed by atoms with E-state index in [0.717, 1.165) is 0 Å². The standard InChI is InChI=1S/C14H14N2O5/c1-19-9-4-5-13(20-2)11(6-9)16-12(8-17)10(7-15-16)14(18)21-3/h4-8H,1-3H3. The third-order valence-corrected chi connectivity index (χ3v) is 2.94. The summed E-state index contributed by atoms with van der Waals surface area (Å²) in [5, 5.41) is 4.06. The molecule has 2 rings (SSSR count). The summed E-state index contributed by atoms with van der Waals surface area (Å²) >= 11 is 0. The predicted molar refractivity (Wildman–Crippen MR) is 73.4 cm³/mol. The molecule has 1 heterocycles. The van der Waals surface area contributed by atoms with Crippen molar-refractivity contribution in [3.63, 3.8) is 0 Å². The topological polar surface area (TPSA) is 79.7 Å². The number of hydrogen-bond acceptors (Lipinski definition) is 6. The van der Waals surface area contributed by atoms with Crippen LogP contribution in [-0.2, 0) is 4.74 Å².